The van der Waals surface area contributed by atoms with Crippen LogP contribution in [0, 0.1) is 25.7 Å². The van der Waals surface area contributed by atoms with E-state index in [1.165, 1.54) is 4.90 Å². The van der Waals surface area contributed by atoms with Crippen LogP contribution in [0.5, 0.6) is 0 Å². The molecule has 4 rings (SSSR count). The Hall–Kier alpha value is -1.85. The van der Waals surface area contributed by atoms with Gasteiger partial charge in [-0.1, -0.05) is 42.1 Å². The van der Waals surface area contributed by atoms with Crippen LogP contribution in [0.3, 0.4) is 0 Å². The molecule has 1 aliphatic heterocycles. The molecule has 2 atom stereocenters. The largest absolute Gasteiger partial charge is 0.274 e. The molecule has 142 valence electrons. The van der Waals surface area contributed by atoms with Crippen LogP contribution in [0.15, 0.2) is 18.2 Å². The molecule has 0 N–H and O–H groups in total. The number of fused-ring (bicyclic) bond motifs is 1. The van der Waals surface area contributed by atoms with Crippen LogP contribution in [0.1, 0.15) is 42.6 Å². The summed E-state index contributed by atoms with van der Waals surface area (Å²) in [7, 11) is 0. The number of aromatic nitrogens is 2. The Morgan fingerprint density at radius 1 is 1.04 bits per heavy atom. The summed E-state index contributed by atoms with van der Waals surface area (Å²) in [5.41, 5.74) is 2.81. The fourth-order valence-electron chi connectivity index (χ4n) is 4.38. The van der Waals surface area contributed by atoms with Crippen molar-refractivity contribution in [3.8, 4) is 0 Å². The van der Waals surface area contributed by atoms with E-state index in [1.54, 1.807) is 22.9 Å². The molecule has 2 aromatic rings. The van der Waals surface area contributed by atoms with Crippen LogP contribution in [-0.2, 0) is 16.1 Å². The van der Waals surface area contributed by atoms with Gasteiger partial charge in [-0.05, 0) is 38.8 Å². The molecule has 2 unspecified atom stereocenters. The summed E-state index contributed by atoms with van der Waals surface area (Å²) in [6, 6.07) is 5.37. The predicted molar refractivity (Wildman–Crippen MR) is 105 cm³/mol. The smallest absolute Gasteiger partial charge is 0.237 e. The average molecular weight is 406 g/mol. The molecule has 2 amide bonds. The number of hydrogen-bond acceptors (Lipinski definition) is 3. The Balaban J connectivity index is 1.71. The van der Waals surface area contributed by atoms with Crippen LogP contribution < -0.4 is 4.90 Å². The topological polar surface area (TPSA) is 55.2 Å². The molecule has 0 radical (unpaired) electrons. The fraction of sp³-hybridized carbons (Fsp3) is 0.450. The van der Waals surface area contributed by atoms with Crippen molar-refractivity contribution in [3.05, 3.63) is 45.2 Å². The van der Waals surface area contributed by atoms with Gasteiger partial charge in [0.05, 0.1) is 35.5 Å². The minimum atomic E-state index is -0.175. The summed E-state index contributed by atoms with van der Waals surface area (Å²) in [6.07, 6.45) is 3.62. The molecular formula is C20H21Cl2N3O2. The van der Waals surface area contributed by atoms with Crippen molar-refractivity contribution in [2.24, 2.45) is 11.8 Å². The average Bonchev–Trinajstić information content (AvgIpc) is 3.05. The first kappa shape index (κ1) is 18.5. The van der Waals surface area contributed by atoms with Crippen molar-refractivity contribution in [1.82, 2.24) is 9.78 Å². The van der Waals surface area contributed by atoms with Crippen LogP contribution in [0.2, 0.25) is 10.0 Å². The highest BCUT2D eigenvalue weighted by Gasteiger charge is 2.50. The third kappa shape index (κ3) is 2.97. The fourth-order valence-corrected chi connectivity index (χ4v) is 4.90. The Bertz CT molecular complexity index is 893. The van der Waals surface area contributed by atoms with Crippen molar-refractivity contribution < 1.29 is 9.59 Å². The SMILES string of the molecule is Cc1nn(Cc2c(Cl)cccc2Cl)c(C)c1N1C(=O)C2CCCCC2C1=O. The maximum Gasteiger partial charge on any atom is 0.237 e. The zero-order valence-electron chi connectivity index (χ0n) is 15.3. The number of benzene rings is 1. The first-order valence-electron chi connectivity index (χ1n) is 9.25. The molecule has 1 saturated carbocycles. The molecule has 5 nitrogen and oxygen atoms in total. The van der Waals surface area contributed by atoms with E-state index in [1.807, 2.05) is 13.8 Å². The van der Waals surface area contributed by atoms with E-state index in [9.17, 15) is 9.59 Å². The minimum Gasteiger partial charge on any atom is -0.274 e. The summed E-state index contributed by atoms with van der Waals surface area (Å²) in [6.45, 7) is 4.09. The van der Waals surface area contributed by atoms with Crippen LogP contribution >= 0.6 is 23.2 Å². The second-order valence-electron chi connectivity index (χ2n) is 7.39. The molecule has 0 bridgehead atoms. The van der Waals surface area contributed by atoms with E-state index in [0.717, 1.165) is 36.9 Å². The normalized spacial score (nSPS) is 22.4. The maximum atomic E-state index is 13.0. The molecule has 1 saturated heterocycles. The molecule has 1 aromatic heterocycles. The van der Waals surface area contributed by atoms with Gasteiger partial charge in [0.25, 0.3) is 0 Å². The van der Waals surface area contributed by atoms with E-state index in [-0.39, 0.29) is 23.7 Å². The molecule has 0 spiro atoms. The standard InChI is InChI=1S/C20H21Cl2N3O2/c1-11-18(25-19(26)13-6-3-4-7-14(13)20(25)27)12(2)24(23-11)10-15-16(21)8-5-9-17(15)22/h5,8-9,13-14H,3-4,6-7,10H2,1-2H3. The third-order valence-corrected chi connectivity index (χ3v) is 6.49. The van der Waals surface area contributed by atoms with Crippen molar-refractivity contribution in [1.29, 1.82) is 0 Å². The van der Waals surface area contributed by atoms with Gasteiger partial charge in [0.15, 0.2) is 0 Å². The van der Waals surface area contributed by atoms with Gasteiger partial charge in [0.1, 0.15) is 0 Å². The number of anilines is 1. The van der Waals surface area contributed by atoms with Gasteiger partial charge in [-0.2, -0.15) is 5.10 Å². The van der Waals surface area contributed by atoms with Gasteiger partial charge in [-0.15, -0.1) is 0 Å². The molecule has 2 aliphatic rings. The quantitative estimate of drug-likeness (QED) is 0.704. The number of carbonyl (C=O) groups excluding carboxylic acids is 2. The van der Waals surface area contributed by atoms with Gasteiger partial charge in [0, 0.05) is 15.6 Å². The van der Waals surface area contributed by atoms with E-state index >= 15 is 0 Å². The first-order valence-corrected chi connectivity index (χ1v) is 10.0. The second kappa shape index (κ2) is 6.95. The summed E-state index contributed by atoms with van der Waals surface area (Å²) < 4.78 is 1.76. The number of nitrogens with zero attached hydrogens (tertiary/aromatic N) is 3. The lowest BCUT2D eigenvalue weighted by atomic mass is 9.81. The monoisotopic (exact) mass is 405 g/mol. The number of aryl methyl sites for hydroxylation is 1. The maximum absolute atomic E-state index is 13.0. The lowest BCUT2D eigenvalue weighted by Crippen LogP contribution is -2.31. The van der Waals surface area contributed by atoms with Gasteiger partial charge in [-0.25, -0.2) is 4.90 Å². The highest BCUT2D eigenvalue weighted by atomic mass is 35.5. The van der Waals surface area contributed by atoms with Gasteiger partial charge < -0.3 is 0 Å². The number of rotatable bonds is 3. The Morgan fingerprint density at radius 3 is 2.15 bits per heavy atom. The van der Waals surface area contributed by atoms with Gasteiger partial charge in [0.2, 0.25) is 11.8 Å². The molecule has 7 heteroatoms. The van der Waals surface area contributed by atoms with Crippen molar-refractivity contribution in [3.63, 3.8) is 0 Å². The Morgan fingerprint density at radius 2 is 1.59 bits per heavy atom. The molecule has 2 heterocycles. The minimum absolute atomic E-state index is 0.0776. The highest BCUT2D eigenvalue weighted by Crippen LogP contribution is 2.42. The van der Waals surface area contributed by atoms with Crippen molar-refractivity contribution in [2.45, 2.75) is 46.1 Å². The zero-order valence-corrected chi connectivity index (χ0v) is 16.8. The van der Waals surface area contributed by atoms with Crippen LogP contribution in [-0.4, -0.2) is 21.6 Å². The lowest BCUT2D eigenvalue weighted by molar-refractivity contribution is -0.122. The summed E-state index contributed by atoms with van der Waals surface area (Å²) in [5.74, 6) is -0.504. The summed E-state index contributed by atoms with van der Waals surface area (Å²) in [4.78, 5) is 27.3. The van der Waals surface area contributed by atoms with E-state index in [2.05, 4.69) is 5.10 Å². The van der Waals surface area contributed by atoms with E-state index < -0.39 is 0 Å². The number of halogens is 2. The van der Waals surface area contributed by atoms with Crippen molar-refractivity contribution >= 4 is 40.7 Å². The summed E-state index contributed by atoms with van der Waals surface area (Å²) >= 11 is 12.6. The lowest BCUT2D eigenvalue weighted by Gasteiger charge is -2.19. The number of amides is 2. The zero-order chi connectivity index (χ0) is 19.3. The molecular weight excluding hydrogens is 385 g/mol. The molecule has 1 aliphatic carbocycles. The summed E-state index contributed by atoms with van der Waals surface area (Å²) in [5, 5.41) is 5.70. The number of carbonyl (C=O) groups is 2. The van der Waals surface area contributed by atoms with Gasteiger partial charge >= 0.3 is 0 Å². The van der Waals surface area contributed by atoms with Crippen LogP contribution in [0.4, 0.5) is 5.69 Å². The van der Waals surface area contributed by atoms with Gasteiger partial charge in [-0.3, -0.25) is 14.3 Å². The second-order valence-corrected chi connectivity index (χ2v) is 8.20. The molecule has 2 fully saturated rings. The third-order valence-electron chi connectivity index (χ3n) is 5.78. The number of hydrogen-bond donors (Lipinski definition) is 0. The highest BCUT2D eigenvalue weighted by molar-refractivity contribution is 6.36. The van der Waals surface area contributed by atoms with E-state index in [0.29, 0.717) is 28.0 Å². The van der Waals surface area contributed by atoms with Crippen molar-refractivity contribution in [2.75, 3.05) is 4.90 Å². The first-order chi connectivity index (χ1) is 12.9. The van der Waals surface area contributed by atoms with E-state index in [4.69, 9.17) is 23.2 Å². The molecule has 27 heavy (non-hydrogen) atoms. The molecule has 1 aromatic carbocycles. The Labute approximate surface area is 168 Å². The number of imide groups is 1. The van der Waals surface area contributed by atoms with Crippen LogP contribution in [0.25, 0.3) is 0 Å². The predicted octanol–water partition coefficient (Wildman–Crippen LogP) is 4.53. The Kier molecular flexibility index (Phi) is 4.77.